The van der Waals surface area contributed by atoms with Gasteiger partial charge in [-0.2, -0.15) is 0 Å². The minimum absolute atomic E-state index is 0.155. The number of aromatic nitrogens is 1. The molecule has 2 atom stereocenters. The van der Waals surface area contributed by atoms with Gasteiger partial charge >= 0.3 is 0 Å². The summed E-state index contributed by atoms with van der Waals surface area (Å²) >= 11 is 0. The van der Waals surface area contributed by atoms with E-state index in [1.807, 2.05) is 12.3 Å². The molecule has 1 aromatic carbocycles. The molecule has 3 heteroatoms. The molecule has 2 heterocycles. The van der Waals surface area contributed by atoms with Gasteiger partial charge in [0, 0.05) is 35.7 Å². The predicted molar refractivity (Wildman–Crippen MR) is 81.4 cm³/mol. The summed E-state index contributed by atoms with van der Waals surface area (Å²) in [6, 6.07) is 6.31. The molecule has 1 saturated heterocycles. The van der Waals surface area contributed by atoms with Crippen LogP contribution in [0.15, 0.2) is 24.4 Å². The largest absolute Gasteiger partial charge is 0.361 e. The van der Waals surface area contributed by atoms with E-state index in [0.717, 1.165) is 23.9 Å². The zero-order valence-corrected chi connectivity index (χ0v) is 12.3. The number of rotatable bonds is 3. The number of H-pyrrole nitrogens is 1. The van der Waals surface area contributed by atoms with Gasteiger partial charge in [0.2, 0.25) is 0 Å². The Bertz CT molecular complexity index is 580. The lowest BCUT2D eigenvalue weighted by atomic mass is 9.97. The van der Waals surface area contributed by atoms with Gasteiger partial charge in [-0.1, -0.05) is 6.42 Å². The molecule has 108 valence electrons. The lowest BCUT2D eigenvalue weighted by Crippen LogP contribution is -2.44. The lowest BCUT2D eigenvalue weighted by Gasteiger charge is -2.39. The highest BCUT2D eigenvalue weighted by molar-refractivity contribution is 5.83. The Hall–Kier alpha value is -1.35. The Morgan fingerprint density at radius 2 is 2.00 bits per heavy atom. The molecule has 0 spiro atoms. The molecule has 1 aliphatic heterocycles. The van der Waals surface area contributed by atoms with Crippen molar-refractivity contribution < 1.29 is 4.39 Å². The van der Waals surface area contributed by atoms with Gasteiger partial charge < -0.3 is 4.98 Å². The van der Waals surface area contributed by atoms with Crippen LogP contribution in [0.25, 0.3) is 10.9 Å². The van der Waals surface area contributed by atoms with Gasteiger partial charge in [-0.3, -0.25) is 4.90 Å². The average molecular weight is 274 g/mol. The summed E-state index contributed by atoms with van der Waals surface area (Å²) in [6.45, 7) is 5.71. The topological polar surface area (TPSA) is 19.0 Å². The Labute approximate surface area is 120 Å². The van der Waals surface area contributed by atoms with Crippen molar-refractivity contribution >= 4 is 10.9 Å². The molecule has 0 amide bonds. The minimum atomic E-state index is -0.155. The van der Waals surface area contributed by atoms with Gasteiger partial charge in [0.05, 0.1) is 0 Å². The molecule has 2 nitrogen and oxygen atoms in total. The van der Waals surface area contributed by atoms with Crippen molar-refractivity contribution in [2.24, 2.45) is 0 Å². The summed E-state index contributed by atoms with van der Waals surface area (Å²) in [5.41, 5.74) is 2.26. The third-order valence-corrected chi connectivity index (χ3v) is 4.74. The fourth-order valence-corrected chi connectivity index (χ4v) is 3.52. The molecule has 2 aromatic rings. The molecule has 1 aliphatic rings. The van der Waals surface area contributed by atoms with Crippen molar-refractivity contribution in [2.45, 2.75) is 51.6 Å². The second kappa shape index (κ2) is 5.57. The monoisotopic (exact) mass is 274 g/mol. The second-order valence-electron chi connectivity index (χ2n) is 6.12. The first-order valence-corrected chi connectivity index (χ1v) is 7.66. The van der Waals surface area contributed by atoms with Crippen molar-refractivity contribution in [1.82, 2.24) is 9.88 Å². The normalized spacial score (nSPS) is 24.4. The Morgan fingerprint density at radius 1 is 1.25 bits per heavy atom. The number of piperidine rings is 1. The summed E-state index contributed by atoms with van der Waals surface area (Å²) in [6.07, 6.45) is 6.96. The molecule has 3 rings (SSSR count). The summed E-state index contributed by atoms with van der Waals surface area (Å²) in [5.74, 6) is -0.155. The van der Waals surface area contributed by atoms with Gasteiger partial charge in [-0.15, -0.1) is 0 Å². The van der Waals surface area contributed by atoms with Gasteiger partial charge in [0.25, 0.3) is 0 Å². The van der Waals surface area contributed by atoms with E-state index in [2.05, 4.69) is 23.7 Å². The van der Waals surface area contributed by atoms with Crippen LogP contribution in [0.3, 0.4) is 0 Å². The first kappa shape index (κ1) is 13.6. The quantitative estimate of drug-likeness (QED) is 0.892. The molecule has 0 radical (unpaired) electrons. The third kappa shape index (κ3) is 2.59. The molecule has 0 bridgehead atoms. The van der Waals surface area contributed by atoms with Crippen LogP contribution < -0.4 is 0 Å². The zero-order valence-electron chi connectivity index (χ0n) is 12.3. The van der Waals surface area contributed by atoms with Gasteiger partial charge in [-0.25, -0.2) is 4.39 Å². The standard InChI is InChI=1S/C17H23FN2/c1-12-4-3-5-13(2)20(12)9-8-14-11-19-17-7-6-15(18)10-16(14)17/h6-7,10-13,19H,3-5,8-9H2,1-2H3. The number of likely N-dealkylation sites (tertiary alicyclic amines) is 1. The van der Waals surface area contributed by atoms with Crippen LogP contribution >= 0.6 is 0 Å². The number of halogens is 1. The molecular weight excluding hydrogens is 251 g/mol. The predicted octanol–water partition coefficient (Wildman–Crippen LogP) is 4.11. The van der Waals surface area contributed by atoms with Gasteiger partial charge in [-0.05, 0) is 56.9 Å². The Kier molecular flexibility index (Phi) is 3.79. The fourth-order valence-electron chi connectivity index (χ4n) is 3.52. The van der Waals surface area contributed by atoms with E-state index in [0.29, 0.717) is 12.1 Å². The van der Waals surface area contributed by atoms with E-state index in [-0.39, 0.29) is 5.82 Å². The highest BCUT2D eigenvalue weighted by Crippen LogP contribution is 2.24. The van der Waals surface area contributed by atoms with Gasteiger partial charge in [0.1, 0.15) is 5.82 Å². The van der Waals surface area contributed by atoms with Crippen LogP contribution in [0.5, 0.6) is 0 Å². The summed E-state index contributed by atoms with van der Waals surface area (Å²) in [4.78, 5) is 5.84. The molecule has 0 saturated carbocycles. The maximum absolute atomic E-state index is 13.4. The second-order valence-corrected chi connectivity index (χ2v) is 6.12. The number of hydrogen-bond donors (Lipinski definition) is 1. The maximum atomic E-state index is 13.4. The van der Waals surface area contributed by atoms with E-state index in [1.165, 1.54) is 30.9 Å². The van der Waals surface area contributed by atoms with E-state index in [4.69, 9.17) is 0 Å². The molecule has 2 unspecified atom stereocenters. The van der Waals surface area contributed by atoms with Crippen LogP contribution in [-0.4, -0.2) is 28.5 Å². The number of fused-ring (bicyclic) bond motifs is 1. The van der Waals surface area contributed by atoms with E-state index in [9.17, 15) is 4.39 Å². The van der Waals surface area contributed by atoms with E-state index < -0.39 is 0 Å². The molecule has 20 heavy (non-hydrogen) atoms. The van der Waals surface area contributed by atoms with Crippen LogP contribution in [0, 0.1) is 5.82 Å². The number of hydrogen-bond acceptors (Lipinski definition) is 1. The Morgan fingerprint density at radius 3 is 2.75 bits per heavy atom. The number of nitrogens with zero attached hydrogens (tertiary/aromatic N) is 1. The van der Waals surface area contributed by atoms with Crippen molar-refractivity contribution in [3.05, 3.63) is 35.8 Å². The van der Waals surface area contributed by atoms with E-state index >= 15 is 0 Å². The number of aromatic amines is 1. The van der Waals surface area contributed by atoms with Crippen molar-refractivity contribution in [1.29, 1.82) is 0 Å². The molecule has 1 fully saturated rings. The molecular formula is C17H23FN2. The fraction of sp³-hybridized carbons (Fsp3) is 0.529. The summed E-state index contributed by atoms with van der Waals surface area (Å²) < 4.78 is 13.4. The van der Waals surface area contributed by atoms with Crippen LogP contribution in [0.2, 0.25) is 0 Å². The number of benzene rings is 1. The van der Waals surface area contributed by atoms with Crippen molar-refractivity contribution in [3.63, 3.8) is 0 Å². The minimum Gasteiger partial charge on any atom is -0.361 e. The van der Waals surface area contributed by atoms with Crippen LogP contribution in [-0.2, 0) is 6.42 Å². The van der Waals surface area contributed by atoms with Crippen molar-refractivity contribution in [2.75, 3.05) is 6.54 Å². The third-order valence-electron chi connectivity index (χ3n) is 4.74. The van der Waals surface area contributed by atoms with Crippen LogP contribution in [0.4, 0.5) is 4.39 Å². The summed E-state index contributed by atoms with van der Waals surface area (Å²) in [7, 11) is 0. The summed E-state index contributed by atoms with van der Waals surface area (Å²) in [5, 5.41) is 1.03. The highest BCUT2D eigenvalue weighted by Gasteiger charge is 2.24. The van der Waals surface area contributed by atoms with Gasteiger partial charge in [0.15, 0.2) is 0 Å². The molecule has 1 N–H and O–H groups in total. The maximum Gasteiger partial charge on any atom is 0.123 e. The van der Waals surface area contributed by atoms with Crippen molar-refractivity contribution in [3.8, 4) is 0 Å². The number of nitrogens with one attached hydrogen (secondary N) is 1. The first-order valence-electron chi connectivity index (χ1n) is 7.66. The SMILES string of the molecule is CC1CCCC(C)N1CCc1c[nH]c2ccc(F)cc12. The smallest absolute Gasteiger partial charge is 0.123 e. The highest BCUT2D eigenvalue weighted by atomic mass is 19.1. The molecule has 1 aromatic heterocycles. The van der Waals surface area contributed by atoms with E-state index in [1.54, 1.807) is 6.07 Å². The van der Waals surface area contributed by atoms with Crippen LogP contribution in [0.1, 0.15) is 38.7 Å². The lowest BCUT2D eigenvalue weighted by molar-refractivity contribution is 0.105. The molecule has 0 aliphatic carbocycles. The average Bonchev–Trinajstić information content (AvgIpc) is 2.81. The first-order chi connectivity index (χ1) is 9.65. The zero-order chi connectivity index (χ0) is 14.1. The Balaban J connectivity index is 1.75.